The van der Waals surface area contributed by atoms with Gasteiger partial charge in [-0.2, -0.15) is 0 Å². The molecule has 9 heteroatoms. The molecule has 2 aliphatic rings. The van der Waals surface area contributed by atoms with E-state index < -0.39 is 0 Å². The van der Waals surface area contributed by atoms with Gasteiger partial charge in [0, 0.05) is 45.0 Å². The van der Waals surface area contributed by atoms with Crippen LogP contribution in [0.4, 0.5) is 10.8 Å². The smallest absolute Gasteiger partial charge is 0.235 e. The maximum Gasteiger partial charge on any atom is 0.235 e. The average Bonchev–Trinajstić information content (AvgIpc) is 3.44. The van der Waals surface area contributed by atoms with Gasteiger partial charge >= 0.3 is 0 Å². The second-order valence-corrected chi connectivity index (χ2v) is 9.86. The molecule has 0 radical (unpaired) electrons. The molecule has 1 amide bonds. The second-order valence-electron chi connectivity index (χ2n) is 7.30. The number of amides is 1. The van der Waals surface area contributed by atoms with Gasteiger partial charge in [-0.15, -0.1) is 10.2 Å². The van der Waals surface area contributed by atoms with Gasteiger partial charge in [-0.3, -0.25) is 4.79 Å². The molecular weight excluding hydrogens is 406 g/mol. The standard InChI is InChI=1S/C20H27N5O2S2/c1-15(28-20-23-22-19(29-20)21-14-17-8-5-13-27-17)18(26)25-11-9-24(10-12-25)16-6-3-2-4-7-16/h2-4,6-7,15,17H,5,8-14H2,1H3,(H,21,22). The third-order valence-electron chi connectivity index (χ3n) is 5.25. The Morgan fingerprint density at radius 2 is 2.07 bits per heavy atom. The Balaban J connectivity index is 1.23. The van der Waals surface area contributed by atoms with Crippen molar-refractivity contribution in [2.24, 2.45) is 0 Å². The fraction of sp³-hybridized carbons (Fsp3) is 0.550. The molecule has 1 aromatic heterocycles. The minimum atomic E-state index is -0.169. The van der Waals surface area contributed by atoms with Crippen molar-refractivity contribution in [1.82, 2.24) is 15.1 Å². The van der Waals surface area contributed by atoms with Gasteiger partial charge < -0.3 is 19.9 Å². The van der Waals surface area contributed by atoms with E-state index in [4.69, 9.17) is 4.74 Å². The monoisotopic (exact) mass is 433 g/mol. The highest BCUT2D eigenvalue weighted by Gasteiger charge is 2.26. The largest absolute Gasteiger partial charge is 0.376 e. The van der Waals surface area contributed by atoms with Crippen LogP contribution < -0.4 is 10.2 Å². The highest BCUT2D eigenvalue weighted by atomic mass is 32.2. The maximum atomic E-state index is 12.9. The summed E-state index contributed by atoms with van der Waals surface area (Å²) in [6.45, 7) is 6.80. The Morgan fingerprint density at radius 3 is 2.79 bits per heavy atom. The number of thioether (sulfide) groups is 1. The number of nitrogens with zero attached hydrogens (tertiary/aromatic N) is 4. The molecule has 2 atom stereocenters. The normalized spacial score (nSPS) is 20.7. The Labute approximate surface area is 179 Å². The number of carbonyl (C=O) groups is 1. The first kappa shape index (κ1) is 20.4. The highest BCUT2D eigenvalue weighted by Crippen LogP contribution is 2.30. The maximum absolute atomic E-state index is 12.9. The minimum absolute atomic E-state index is 0.169. The Kier molecular flexibility index (Phi) is 6.89. The molecule has 2 fully saturated rings. The third-order valence-corrected chi connectivity index (χ3v) is 7.30. The van der Waals surface area contributed by atoms with Crippen LogP contribution in [-0.2, 0) is 9.53 Å². The van der Waals surface area contributed by atoms with Crippen molar-refractivity contribution in [3.63, 3.8) is 0 Å². The van der Waals surface area contributed by atoms with Crippen LogP contribution in [0, 0.1) is 0 Å². The van der Waals surface area contributed by atoms with Crippen molar-refractivity contribution in [2.75, 3.05) is 49.5 Å². The third kappa shape index (κ3) is 5.40. The summed E-state index contributed by atoms with van der Waals surface area (Å²) >= 11 is 2.99. The molecule has 1 N–H and O–H groups in total. The molecule has 0 saturated carbocycles. The van der Waals surface area contributed by atoms with E-state index in [1.165, 1.54) is 28.8 Å². The lowest BCUT2D eigenvalue weighted by Crippen LogP contribution is -2.50. The molecule has 1 aromatic carbocycles. The zero-order chi connectivity index (χ0) is 20.1. The molecule has 2 unspecified atom stereocenters. The molecular formula is C20H27N5O2S2. The van der Waals surface area contributed by atoms with Crippen LogP contribution in [-0.4, -0.2) is 71.7 Å². The van der Waals surface area contributed by atoms with Crippen molar-refractivity contribution in [3.05, 3.63) is 30.3 Å². The molecule has 0 bridgehead atoms. The van der Waals surface area contributed by atoms with E-state index in [2.05, 4.69) is 44.7 Å². The quantitative estimate of drug-likeness (QED) is 0.673. The molecule has 29 heavy (non-hydrogen) atoms. The van der Waals surface area contributed by atoms with Crippen molar-refractivity contribution in [2.45, 2.75) is 35.5 Å². The fourth-order valence-corrected chi connectivity index (χ4v) is 5.60. The van der Waals surface area contributed by atoms with Crippen molar-refractivity contribution in [1.29, 1.82) is 0 Å². The summed E-state index contributed by atoms with van der Waals surface area (Å²) in [6, 6.07) is 10.4. The van der Waals surface area contributed by atoms with Gasteiger partial charge in [-0.05, 0) is 31.9 Å². The highest BCUT2D eigenvalue weighted by molar-refractivity contribution is 8.02. The summed E-state index contributed by atoms with van der Waals surface area (Å²) in [5, 5.41) is 12.3. The van der Waals surface area contributed by atoms with E-state index in [9.17, 15) is 4.79 Å². The van der Waals surface area contributed by atoms with Crippen LogP contribution >= 0.6 is 23.1 Å². The van der Waals surface area contributed by atoms with E-state index in [0.29, 0.717) is 0 Å². The summed E-state index contributed by atoms with van der Waals surface area (Å²) in [4.78, 5) is 17.2. The van der Waals surface area contributed by atoms with Crippen LogP contribution in [0.5, 0.6) is 0 Å². The van der Waals surface area contributed by atoms with E-state index >= 15 is 0 Å². The topological polar surface area (TPSA) is 70.6 Å². The second kappa shape index (κ2) is 9.77. The van der Waals surface area contributed by atoms with Crippen LogP contribution in [0.2, 0.25) is 0 Å². The molecule has 156 valence electrons. The number of hydrogen-bond acceptors (Lipinski definition) is 8. The first-order chi connectivity index (χ1) is 14.2. The number of rotatable bonds is 7. The minimum Gasteiger partial charge on any atom is -0.376 e. The molecule has 3 heterocycles. The van der Waals surface area contributed by atoms with E-state index in [1.807, 2.05) is 17.9 Å². The average molecular weight is 434 g/mol. The lowest BCUT2D eigenvalue weighted by Gasteiger charge is -2.37. The lowest BCUT2D eigenvalue weighted by atomic mass is 10.2. The molecule has 7 nitrogen and oxygen atoms in total. The van der Waals surface area contributed by atoms with Crippen molar-refractivity contribution in [3.8, 4) is 0 Å². The predicted molar refractivity (Wildman–Crippen MR) is 118 cm³/mol. The zero-order valence-corrected chi connectivity index (χ0v) is 18.3. The Hall–Kier alpha value is -1.84. The number of aromatic nitrogens is 2. The van der Waals surface area contributed by atoms with Crippen LogP contribution in [0.1, 0.15) is 19.8 Å². The summed E-state index contributed by atoms with van der Waals surface area (Å²) in [6.07, 6.45) is 2.49. The number of para-hydroxylation sites is 1. The Bertz CT molecular complexity index is 789. The molecule has 2 aromatic rings. The van der Waals surface area contributed by atoms with E-state index in [-0.39, 0.29) is 17.3 Å². The molecule has 2 aliphatic heterocycles. The molecule has 0 aliphatic carbocycles. The van der Waals surface area contributed by atoms with Crippen LogP contribution in [0.25, 0.3) is 0 Å². The van der Waals surface area contributed by atoms with Crippen LogP contribution in [0.3, 0.4) is 0 Å². The molecule has 0 spiro atoms. The van der Waals surface area contributed by atoms with Crippen molar-refractivity contribution >= 4 is 39.8 Å². The lowest BCUT2D eigenvalue weighted by molar-refractivity contribution is -0.130. The van der Waals surface area contributed by atoms with Gasteiger partial charge in [0.2, 0.25) is 11.0 Å². The summed E-state index contributed by atoms with van der Waals surface area (Å²) in [5.74, 6) is 0.173. The number of benzene rings is 1. The first-order valence-corrected chi connectivity index (χ1v) is 11.8. The number of piperazine rings is 1. The molecule has 2 saturated heterocycles. The van der Waals surface area contributed by atoms with Gasteiger partial charge in [-0.25, -0.2) is 0 Å². The Morgan fingerprint density at radius 1 is 1.28 bits per heavy atom. The van der Waals surface area contributed by atoms with Gasteiger partial charge in [0.15, 0.2) is 4.34 Å². The van der Waals surface area contributed by atoms with Gasteiger partial charge in [0.1, 0.15) is 0 Å². The number of carbonyl (C=O) groups excluding carboxylic acids is 1. The fourth-order valence-electron chi connectivity index (χ4n) is 3.62. The number of ether oxygens (including phenoxy) is 1. The SMILES string of the molecule is CC(Sc1nnc(NCC2CCCO2)s1)C(=O)N1CCN(c2ccccc2)CC1. The number of nitrogens with one attached hydrogen (secondary N) is 1. The van der Waals surface area contributed by atoms with E-state index in [1.54, 1.807) is 0 Å². The molecule has 4 rings (SSSR count). The van der Waals surface area contributed by atoms with Gasteiger partial charge in [0.05, 0.1) is 11.4 Å². The van der Waals surface area contributed by atoms with Gasteiger partial charge in [0.25, 0.3) is 0 Å². The summed E-state index contributed by atoms with van der Waals surface area (Å²) < 4.78 is 6.44. The van der Waals surface area contributed by atoms with E-state index in [0.717, 1.165) is 61.6 Å². The predicted octanol–water partition coefficient (Wildman–Crippen LogP) is 2.96. The van der Waals surface area contributed by atoms with Crippen LogP contribution in [0.15, 0.2) is 34.7 Å². The first-order valence-electron chi connectivity index (χ1n) is 10.1. The number of anilines is 2. The number of hydrogen-bond donors (Lipinski definition) is 1. The summed E-state index contributed by atoms with van der Waals surface area (Å²) in [7, 11) is 0. The van der Waals surface area contributed by atoms with Crippen molar-refractivity contribution < 1.29 is 9.53 Å². The van der Waals surface area contributed by atoms with Gasteiger partial charge in [-0.1, -0.05) is 41.3 Å². The summed E-state index contributed by atoms with van der Waals surface area (Å²) in [5.41, 5.74) is 1.22. The zero-order valence-electron chi connectivity index (χ0n) is 16.6.